The molecule has 160 valence electrons. The topological polar surface area (TPSA) is 118 Å². The van der Waals surface area contributed by atoms with E-state index >= 15 is 0 Å². The number of morpholine rings is 1. The zero-order valence-corrected chi connectivity index (χ0v) is 16.7. The van der Waals surface area contributed by atoms with E-state index in [0.717, 1.165) is 18.8 Å². The highest BCUT2D eigenvalue weighted by atomic mass is 19.1. The van der Waals surface area contributed by atoms with Gasteiger partial charge in [0.1, 0.15) is 11.6 Å². The van der Waals surface area contributed by atoms with Gasteiger partial charge in [-0.3, -0.25) is 4.79 Å². The van der Waals surface area contributed by atoms with Crippen LogP contribution in [0.2, 0.25) is 0 Å². The number of hydrogen-bond acceptors (Lipinski definition) is 8. The zero-order chi connectivity index (χ0) is 21.6. The van der Waals surface area contributed by atoms with Crippen LogP contribution in [-0.2, 0) is 11.3 Å². The standard InChI is InChI=1S/C21H22FN7O2/c22-15-3-1-2-14(10-15)12-24-17-11-19(27-28-20(17)21(23)30)26-18-5-4-16(13-25-18)29-6-8-31-9-7-29/h1-5,10-11,13H,6-9,12H2,(H2,23,30)(H2,24,25,26,27). The number of benzene rings is 1. The second-order valence-electron chi connectivity index (χ2n) is 6.97. The van der Waals surface area contributed by atoms with Gasteiger partial charge in [0.2, 0.25) is 0 Å². The van der Waals surface area contributed by atoms with Crippen molar-refractivity contribution >= 4 is 28.9 Å². The summed E-state index contributed by atoms with van der Waals surface area (Å²) in [6.45, 7) is 3.35. The van der Waals surface area contributed by atoms with Crippen LogP contribution in [0, 0.1) is 5.82 Å². The van der Waals surface area contributed by atoms with E-state index in [2.05, 4.69) is 30.7 Å². The molecule has 3 heterocycles. The normalized spacial score (nSPS) is 13.6. The number of primary amides is 1. The predicted octanol–water partition coefficient (Wildman–Crippen LogP) is 2.30. The van der Waals surface area contributed by atoms with Gasteiger partial charge < -0.3 is 26.0 Å². The van der Waals surface area contributed by atoms with E-state index in [0.29, 0.717) is 36.1 Å². The van der Waals surface area contributed by atoms with E-state index in [1.807, 2.05) is 12.1 Å². The first-order valence-corrected chi connectivity index (χ1v) is 9.80. The van der Waals surface area contributed by atoms with Crippen molar-refractivity contribution in [3.05, 3.63) is 65.7 Å². The molecule has 4 N–H and O–H groups in total. The molecule has 10 heteroatoms. The number of carbonyl (C=O) groups excluding carboxylic acids is 1. The minimum Gasteiger partial charge on any atom is -0.379 e. The average molecular weight is 423 g/mol. The number of ether oxygens (including phenoxy) is 1. The van der Waals surface area contributed by atoms with Crippen molar-refractivity contribution in [2.45, 2.75) is 6.54 Å². The molecule has 0 saturated carbocycles. The molecule has 1 aliphatic heterocycles. The van der Waals surface area contributed by atoms with Gasteiger partial charge in [-0.05, 0) is 29.8 Å². The molecule has 0 atom stereocenters. The fourth-order valence-electron chi connectivity index (χ4n) is 3.21. The predicted molar refractivity (Wildman–Crippen MR) is 115 cm³/mol. The number of amides is 1. The van der Waals surface area contributed by atoms with Crippen LogP contribution in [0.4, 0.5) is 27.4 Å². The molecular formula is C21H22FN7O2. The minimum absolute atomic E-state index is 0.00224. The molecule has 0 radical (unpaired) electrons. The SMILES string of the molecule is NC(=O)c1nnc(Nc2ccc(N3CCOCC3)cn2)cc1NCc1cccc(F)c1. The molecule has 2 aromatic heterocycles. The quantitative estimate of drug-likeness (QED) is 0.530. The Bertz CT molecular complexity index is 1060. The Balaban J connectivity index is 1.48. The Labute approximate surface area is 178 Å². The van der Waals surface area contributed by atoms with Crippen molar-refractivity contribution in [2.24, 2.45) is 5.73 Å². The molecular weight excluding hydrogens is 401 g/mol. The Kier molecular flexibility index (Phi) is 6.18. The third-order valence-corrected chi connectivity index (χ3v) is 4.78. The highest BCUT2D eigenvalue weighted by Gasteiger charge is 2.14. The third kappa shape index (κ3) is 5.23. The van der Waals surface area contributed by atoms with E-state index in [4.69, 9.17) is 10.5 Å². The maximum absolute atomic E-state index is 13.4. The summed E-state index contributed by atoms with van der Waals surface area (Å²) < 4.78 is 18.8. The maximum atomic E-state index is 13.4. The maximum Gasteiger partial charge on any atom is 0.271 e. The first kappa shape index (κ1) is 20.5. The fourth-order valence-corrected chi connectivity index (χ4v) is 3.21. The van der Waals surface area contributed by atoms with Crippen molar-refractivity contribution < 1.29 is 13.9 Å². The van der Waals surface area contributed by atoms with E-state index < -0.39 is 5.91 Å². The summed E-state index contributed by atoms with van der Waals surface area (Å²) in [4.78, 5) is 18.3. The molecule has 3 aromatic rings. The lowest BCUT2D eigenvalue weighted by Gasteiger charge is -2.28. The van der Waals surface area contributed by atoms with E-state index in [1.54, 1.807) is 24.4 Å². The van der Waals surface area contributed by atoms with Crippen molar-refractivity contribution in [3.63, 3.8) is 0 Å². The van der Waals surface area contributed by atoms with Crippen molar-refractivity contribution in [2.75, 3.05) is 41.8 Å². The number of nitrogens with two attached hydrogens (primary N) is 1. The second kappa shape index (κ2) is 9.35. The molecule has 0 spiro atoms. The number of nitrogens with one attached hydrogen (secondary N) is 2. The van der Waals surface area contributed by atoms with Gasteiger partial charge >= 0.3 is 0 Å². The molecule has 1 amide bonds. The van der Waals surface area contributed by atoms with Crippen molar-refractivity contribution in [3.8, 4) is 0 Å². The highest BCUT2D eigenvalue weighted by Crippen LogP contribution is 2.22. The van der Waals surface area contributed by atoms with Crippen molar-refractivity contribution in [1.29, 1.82) is 0 Å². The summed E-state index contributed by atoms with van der Waals surface area (Å²) in [6, 6.07) is 11.6. The smallest absolute Gasteiger partial charge is 0.271 e. The van der Waals surface area contributed by atoms with E-state index in [-0.39, 0.29) is 18.1 Å². The Morgan fingerprint density at radius 1 is 1.13 bits per heavy atom. The van der Waals surface area contributed by atoms with Crippen LogP contribution in [0.3, 0.4) is 0 Å². The summed E-state index contributed by atoms with van der Waals surface area (Å²) in [6.07, 6.45) is 1.78. The van der Waals surface area contributed by atoms with Gasteiger partial charge in [-0.15, -0.1) is 10.2 Å². The lowest BCUT2D eigenvalue weighted by atomic mass is 10.2. The van der Waals surface area contributed by atoms with Gasteiger partial charge in [-0.25, -0.2) is 9.37 Å². The lowest BCUT2D eigenvalue weighted by molar-refractivity contribution is 0.0995. The monoisotopic (exact) mass is 423 g/mol. The molecule has 4 rings (SSSR count). The Morgan fingerprint density at radius 2 is 1.97 bits per heavy atom. The van der Waals surface area contributed by atoms with Crippen LogP contribution in [0.1, 0.15) is 16.1 Å². The second-order valence-corrected chi connectivity index (χ2v) is 6.97. The number of hydrogen-bond donors (Lipinski definition) is 3. The lowest BCUT2D eigenvalue weighted by Crippen LogP contribution is -2.36. The summed E-state index contributed by atoms with van der Waals surface area (Å²) in [5.41, 5.74) is 7.52. The van der Waals surface area contributed by atoms with Gasteiger partial charge in [0, 0.05) is 25.7 Å². The molecule has 1 fully saturated rings. The van der Waals surface area contributed by atoms with Gasteiger partial charge in [0.25, 0.3) is 5.91 Å². The molecule has 9 nitrogen and oxygen atoms in total. The summed E-state index contributed by atoms with van der Waals surface area (Å²) >= 11 is 0. The summed E-state index contributed by atoms with van der Waals surface area (Å²) in [7, 11) is 0. The third-order valence-electron chi connectivity index (χ3n) is 4.78. The summed E-state index contributed by atoms with van der Waals surface area (Å²) in [5, 5.41) is 14.1. The average Bonchev–Trinajstić information content (AvgIpc) is 2.79. The number of rotatable bonds is 7. The van der Waals surface area contributed by atoms with Crippen LogP contribution in [0.15, 0.2) is 48.7 Å². The minimum atomic E-state index is -0.714. The number of carbonyl (C=O) groups is 1. The highest BCUT2D eigenvalue weighted by molar-refractivity contribution is 5.96. The zero-order valence-electron chi connectivity index (χ0n) is 16.7. The molecule has 0 aliphatic carbocycles. The first-order valence-electron chi connectivity index (χ1n) is 9.80. The molecule has 1 aliphatic rings. The number of nitrogens with zero attached hydrogens (tertiary/aromatic N) is 4. The molecule has 0 unspecified atom stereocenters. The number of pyridine rings is 1. The Morgan fingerprint density at radius 3 is 2.68 bits per heavy atom. The van der Waals surface area contributed by atoms with E-state index in [1.165, 1.54) is 12.1 Å². The molecule has 1 saturated heterocycles. The van der Waals surface area contributed by atoms with Crippen LogP contribution < -0.4 is 21.3 Å². The van der Waals surface area contributed by atoms with Crippen LogP contribution in [0.25, 0.3) is 0 Å². The van der Waals surface area contributed by atoms with Crippen LogP contribution in [0.5, 0.6) is 0 Å². The number of anilines is 4. The van der Waals surface area contributed by atoms with Crippen LogP contribution >= 0.6 is 0 Å². The number of aromatic nitrogens is 3. The summed E-state index contributed by atoms with van der Waals surface area (Å²) in [5.74, 6) is -0.0856. The van der Waals surface area contributed by atoms with Gasteiger partial charge in [-0.2, -0.15) is 0 Å². The molecule has 1 aromatic carbocycles. The van der Waals surface area contributed by atoms with E-state index in [9.17, 15) is 9.18 Å². The largest absolute Gasteiger partial charge is 0.379 e. The molecule has 0 bridgehead atoms. The van der Waals surface area contributed by atoms with Gasteiger partial charge in [-0.1, -0.05) is 12.1 Å². The Hall–Kier alpha value is -3.79. The van der Waals surface area contributed by atoms with Gasteiger partial charge in [0.15, 0.2) is 11.5 Å². The van der Waals surface area contributed by atoms with Gasteiger partial charge in [0.05, 0.1) is 30.8 Å². The first-order chi connectivity index (χ1) is 15.1. The van der Waals surface area contributed by atoms with Crippen LogP contribution in [-0.4, -0.2) is 47.4 Å². The van der Waals surface area contributed by atoms with Crippen molar-refractivity contribution in [1.82, 2.24) is 15.2 Å². The number of halogens is 1. The molecule has 31 heavy (non-hydrogen) atoms. The fraction of sp³-hybridized carbons (Fsp3) is 0.238.